The highest BCUT2D eigenvalue weighted by atomic mass is 28.3. The van der Waals surface area contributed by atoms with Gasteiger partial charge in [0.1, 0.15) is 22.3 Å². The molecule has 14 aromatic carbocycles. The minimum atomic E-state index is -3.27. The van der Waals surface area contributed by atoms with Crippen molar-refractivity contribution < 1.29 is 8.83 Å². The Kier molecular flexibility index (Phi) is 11.6. The number of hydrogen-bond acceptors (Lipinski definition) is 2. The van der Waals surface area contributed by atoms with Crippen LogP contribution in [0.15, 0.2) is 336 Å². The summed E-state index contributed by atoms with van der Waals surface area (Å²) in [5.41, 5.74) is 19.9. The summed E-state index contributed by atoms with van der Waals surface area (Å²) in [5, 5.41) is 14.2. The van der Waals surface area contributed by atoms with Crippen molar-refractivity contribution in [3.05, 3.63) is 328 Å². The van der Waals surface area contributed by atoms with Crippen LogP contribution in [-0.4, -0.2) is 17.2 Å². The molecular weight excluding hydrogens is 1100 g/mol. The molecule has 0 spiro atoms. The van der Waals surface area contributed by atoms with E-state index in [0.717, 1.165) is 77.5 Å². The summed E-state index contributed by atoms with van der Waals surface area (Å²) in [6.07, 6.45) is 0. The molecule has 0 aliphatic carbocycles. The molecule has 4 heterocycles. The van der Waals surface area contributed by atoms with E-state index in [1.54, 1.807) is 0 Å². The Bertz CT molecular complexity index is 5630. The van der Waals surface area contributed by atoms with Gasteiger partial charge in [0.05, 0.1) is 22.1 Å². The fraction of sp³-hybridized carbons (Fsp3) is 0. The Hall–Kier alpha value is -11.5. The quantitative estimate of drug-likeness (QED) is 0.101. The standard InChI is InChI=1S/C84H54N2O2Si/c1-3-20-65(21-4-1)89(66-22-5-2-6-23-66,81-34-16-28-71-73-53-61(46-50-79(73)87-83(71)81)58-38-36-55(37-39-58)56-44-48-63(49-45-56)85-75-30-11-7-24-67(75)68-25-8-12-31-76(68)85)82-35-17-29-72-74-54-62(47-51-80(74)88-84(72)82)59-42-40-57(41-43-59)60-18-15-19-64(52-60)86-77-32-13-9-26-69(77)70-27-10-14-33-78(70)86/h1-54H. The Labute approximate surface area is 514 Å². The van der Waals surface area contributed by atoms with Crippen molar-refractivity contribution in [3.8, 4) is 55.9 Å². The number of rotatable bonds is 10. The second-order valence-electron chi connectivity index (χ2n) is 23.5. The van der Waals surface area contributed by atoms with Gasteiger partial charge in [0.25, 0.3) is 0 Å². The molecule has 0 saturated heterocycles. The zero-order valence-electron chi connectivity index (χ0n) is 48.4. The zero-order valence-corrected chi connectivity index (χ0v) is 49.4. The maximum atomic E-state index is 7.24. The molecule has 0 fully saturated rings. The minimum Gasteiger partial charge on any atom is -0.456 e. The third-order valence-corrected chi connectivity index (χ3v) is 23.5. The maximum Gasteiger partial charge on any atom is 0.188 e. The summed E-state index contributed by atoms with van der Waals surface area (Å²) in [4.78, 5) is 0. The number of nitrogens with zero attached hydrogens (tertiary/aromatic N) is 2. The van der Waals surface area contributed by atoms with Gasteiger partial charge in [-0.25, -0.2) is 0 Å². The lowest BCUT2D eigenvalue weighted by Gasteiger charge is -2.34. The van der Waals surface area contributed by atoms with Crippen LogP contribution in [0.2, 0.25) is 0 Å². The van der Waals surface area contributed by atoms with Gasteiger partial charge >= 0.3 is 0 Å². The molecule has 0 aliphatic heterocycles. The normalized spacial score (nSPS) is 12.0. The summed E-state index contributed by atoms with van der Waals surface area (Å²) < 4.78 is 19.2. The molecule has 5 heteroatoms. The molecule has 89 heavy (non-hydrogen) atoms. The minimum absolute atomic E-state index is 0.856. The van der Waals surface area contributed by atoms with Gasteiger partial charge in [-0.2, -0.15) is 0 Å². The summed E-state index contributed by atoms with van der Waals surface area (Å²) in [7, 11) is -3.27. The van der Waals surface area contributed by atoms with Crippen LogP contribution in [0.4, 0.5) is 0 Å². The van der Waals surface area contributed by atoms with E-state index in [4.69, 9.17) is 8.83 Å². The van der Waals surface area contributed by atoms with Gasteiger partial charge in [0, 0.05) is 54.5 Å². The topological polar surface area (TPSA) is 36.1 Å². The summed E-state index contributed by atoms with van der Waals surface area (Å²) in [6.45, 7) is 0. The van der Waals surface area contributed by atoms with Crippen LogP contribution in [0.1, 0.15) is 0 Å². The van der Waals surface area contributed by atoms with Crippen molar-refractivity contribution >= 4 is 116 Å². The van der Waals surface area contributed by atoms with Crippen molar-refractivity contribution in [2.75, 3.05) is 0 Å². The molecule has 18 rings (SSSR count). The third kappa shape index (κ3) is 7.99. The van der Waals surface area contributed by atoms with Crippen molar-refractivity contribution in [2.45, 2.75) is 0 Å². The van der Waals surface area contributed by atoms with Gasteiger partial charge in [0.2, 0.25) is 0 Å². The first-order chi connectivity index (χ1) is 44.1. The first-order valence-corrected chi connectivity index (χ1v) is 32.5. The fourth-order valence-electron chi connectivity index (χ4n) is 14.6. The maximum absolute atomic E-state index is 7.24. The largest absolute Gasteiger partial charge is 0.456 e. The van der Waals surface area contributed by atoms with Crippen molar-refractivity contribution in [3.63, 3.8) is 0 Å². The second kappa shape index (κ2) is 20.3. The van der Waals surface area contributed by atoms with Crippen LogP contribution in [0.25, 0.3) is 143 Å². The van der Waals surface area contributed by atoms with Crippen LogP contribution in [0.3, 0.4) is 0 Å². The molecule has 0 N–H and O–H groups in total. The number of aromatic nitrogens is 2. The highest BCUT2D eigenvalue weighted by Gasteiger charge is 2.46. The Balaban J connectivity index is 0.707. The van der Waals surface area contributed by atoms with Crippen molar-refractivity contribution in [1.29, 1.82) is 0 Å². The van der Waals surface area contributed by atoms with Gasteiger partial charge in [-0.05, 0) is 138 Å². The number of benzene rings is 14. The number of hydrogen-bond donors (Lipinski definition) is 0. The molecular formula is C84H54N2O2Si. The molecule has 0 unspecified atom stereocenters. The Morgan fingerprint density at radius 2 is 0.539 bits per heavy atom. The average Bonchev–Trinajstić information content (AvgIpc) is 1.94. The van der Waals surface area contributed by atoms with Crippen LogP contribution >= 0.6 is 0 Å². The van der Waals surface area contributed by atoms with E-state index in [0.29, 0.717) is 0 Å². The van der Waals surface area contributed by atoms with Gasteiger partial charge in [-0.3, -0.25) is 0 Å². The van der Waals surface area contributed by atoms with E-state index in [9.17, 15) is 0 Å². The van der Waals surface area contributed by atoms with Crippen LogP contribution in [0, 0.1) is 0 Å². The fourth-order valence-corrected chi connectivity index (χ4v) is 19.6. The predicted molar refractivity (Wildman–Crippen MR) is 375 cm³/mol. The molecule has 416 valence electrons. The number of fused-ring (bicyclic) bond motifs is 12. The van der Waals surface area contributed by atoms with Crippen LogP contribution in [-0.2, 0) is 0 Å². The summed E-state index contributed by atoms with van der Waals surface area (Å²) >= 11 is 0. The molecule has 0 atom stereocenters. The SMILES string of the molecule is c1ccc([Si](c2ccccc2)(c2cccc3c2oc2ccc(-c4ccc(-c5ccc(-n6c7ccccc7c7ccccc76)cc5)cc4)cc23)c2cccc3c2oc2ccc(-c4ccc(-c5cccc(-n6c7ccccc7c7ccccc76)c5)cc4)cc23)cc1. The van der Waals surface area contributed by atoms with Crippen LogP contribution in [0.5, 0.6) is 0 Å². The highest BCUT2D eigenvalue weighted by molar-refractivity contribution is 7.21. The molecule has 0 bridgehead atoms. The molecule has 0 amide bonds. The summed E-state index contributed by atoms with van der Waals surface area (Å²) in [5.74, 6) is 0. The molecule has 0 radical (unpaired) electrons. The first-order valence-electron chi connectivity index (χ1n) is 30.5. The predicted octanol–water partition coefficient (Wildman–Crippen LogP) is 19.7. The molecule has 4 nitrogen and oxygen atoms in total. The molecule has 4 aromatic heterocycles. The highest BCUT2D eigenvalue weighted by Crippen LogP contribution is 2.39. The smallest absolute Gasteiger partial charge is 0.188 e. The third-order valence-electron chi connectivity index (χ3n) is 18.7. The van der Waals surface area contributed by atoms with E-state index in [-0.39, 0.29) is 0 Å². The number of furan rings is 2. The van der Waals surface area contributed by atoms with Gasteiger partial charge < -0.3 is 18.0 Å². The lowest BCUT2D eigenvalue weighted by atomic mass is 9.99. The van der Waals surface area contributed by atoms with Crippen LogP contribution < -0.4 is 20.7 Å². The van der Waals surface area contributed by atoms with E-state index >= 15 is 0 Å². The molecule has 0 saturated carbocycles. The van der Waals surface area contributed by atoms with E-state index < -0.39 is 8.07 Å². The van der Waals surface area contributed by atoms with Crippen molar-refractivity contribution in [1.82, 2.24) is 9.13 Å². The Morgan fingerprint density at radius 1 is 0.213 bits per heavy atom. The average molecular weight is 1150 g/mol. The lowest BCUT2D eigenvalue weighted by Crippen LogP contribution is -2.75. The second-order valence-corrected chi connectivity index (χ2v) is 27.2. The zero-order chi connectivity index (χ0) is 58.6. The van der Waals surface area contributed by atoms with Gasteiger partial charge in [0.15, 0.2) is 8.07 Å². The Morgan fingerprint density at radius 3 is 0.966 bits per heavy atom. The lowest BCUT2D eigenvalue weighted by molar-refractivity contribution is 0.670. The molecule has 0 aliphatic rings. The first kappa shape index (κ1) is 50.8. The monoisotopic (exact) mass is 1150 g/mol. The van der Waals surface area contributed by atoms with Gasteiger partial charge in [-0.1, -0.05) is 255 Å². The van der Waals surface area contributed by atoms with E-state index in [1.165, 1.54) is 86.6 Å². The number of para-hydroxylation sites is 6. The van der Waals surface area contributed by atoms with E-state index in [1.807, 2.05) is 0 Å². The van der Waals surface area contributed by atoms with Gasteiger partial charge in [-0.15, -0.1) is 0 Å². The summed E-state index contributed by atoms with van der Waals surface area (Å²) in [6, 6.07) is 120. The van der Waals surface area contributed by atoms with E-state index in [2.05, 4.69) is 337 Å². The molecule has 18 aromatic rings. The van der Waals surface area contributed by atoms with Crippen molar-refractivity contribution in [2.24, 2.45) is 0 Å².